The molecule has 0 atom stereocenters. The third kappa shape index (κ3) is 3.44. The molecule has 4 nitrogen and oxygen atoms in total. The molecular weight excluding hydrogens is 433 g/mol. The summed E-state index contributed by atoms with van der Waals surface area (Å²) in [6.45, 7) is 0. The Bertz CT molecular complexity index is 648. The van der Waals surface area contributed by atoms with Crippen molar-refractivity contribution in [1.82, 2.24) is 0 Å². The third-order valence-electron chi connectivity index (χ3n) is 2.35. The number of azo groups is 1. The lowest BCUT2D eigenvalue weighted by Gasteiger charge is -2.03. The summed E-state index contributed by atoms with van der Waals surface area (Å²) in [6.07, 6.45) is 0. The fourth-order valence-corrected chi connectivity index (χ4v) is 2.36. The molecule has 0 unspecified atom stereocenters. The van der Waals surface area contributed by atoms with Crippen molar-refractivity contribution in [3.05, 3.63) is 43.3 Å². The Morgan fingerprint density at radius 2 is 1.45 bits per heavy atom. The van der Waals surface area contributed by atoms with Crippen LogP contribution in [0, 0.1) is 0 Å². The van der Waals surface area contributed by atoms with Crippen LogP contribution in [-0.4, -0.2) is 5.11 Å². The molecular formula is C12H7Br2Cl2N3O. The van der Waals surface area contributed by atoms with Gasteiger partial charge in [-0.05, 0) is 50.1 Å². The molecule has 2 aromatic rings. The van der Waals surface area contributed by atoms with Gasteiger partial charge in [-0.25, -0.2) is 0 Å². The zero-order valence-corrected chi connectivity index (χ0v) is 14.4. The van der Waals surface area contributed by atoms with Gasteiger partial charge in [0, 0.05) is 15.0 Å². The molecule has 8 heteroatoms. The van der Waals surface area contributed by atoms with Crippen LogP contribution < -0.4 is 5.73 Å². The minimum atomic E-state index is -0.113. The van der Waals surface area contributed by atoms with E-state index in [9.17, 15) is 5.11 Å². The maximum Gasteiger partial charge on any atom is 0.144 e. The van der Waals surface area contributed by atoms with Crippen LogP contribution in [0.5, 0.6) is 5.75 Å². The second kappa shape index (κ2) is 6.30. The Morgan fingerprint density at radius 3 is 2.15 bits per heavy atom. The fourth-order valence-electron chi connectivity index (χ4n) is 1.35. The predicted molar refractivity (Wildman–Crippen MR) is 88.6 cm³/mol. The minimum Gasteiger partial charge on any atom is -0.506 e. The number of aromatic hydroxyl groups is 1. The van der Waals surface area contributed by atoms with E-state index in [0.29, 0.717) is 11.4 Å². The number of phenolic OH excluding ortho intramolecular Hbond substituents is 1. The molecule has 0 spiro atoms. The Balaban J connectivity index is 2.39. The molecule has 0 saturated carbocycles. The van der Waals surface area contributed by atoms with E-state index in [2.05, 4.69) is 42.1 Å². The van der Waals surface area contributed by atoms with Crippen molar-refractivity contribution < 1.29 is 5.11 Å². The van der Waals surface area contributed by atoms with E-state index in [0.717, 1.165) is 8.95 Å². The maximum atomic E-state index is 9.72. The first kappa shape index (κ1) is 15.6. The molecule has 0 bridgehead atoms. The Hall–Kier alpha value is -0.820. The number of benzene rings is 2. The fraction of sp³-hybridized carbons (Fsp3) is 0. The number of nitrogen functional groups attached to an aromatic ring is 1. The first-order chi connectivity index (χ1) is 9.38. The van der Waals surface area contributed by atoms with Gasteiger partial charge in [-0.1, -0.05) is 23.2 Å². The molecule has 0 amide bonds. The van der Waals surface area contributed by atoms with Gasteiger partial charge in [0.25, 0.3) is 0 Å². The highest BCUT2D eigenvalue weighted by atomic mass is 79.9. The van der Waals surface area contributed by atoms with Crippen LogP contribution in [0.3, 0.4) is 0 Å². The molecule has 104 valence electrons. The average Bonchev–Trinajstić information content (AvgIpc) is 2.37. The second-order valence-corrected chi connectivity index (χ2v) is 6.30. The highest BCUT2D eigenvalue weighted by Gasteiger charge is 2.07. The molecule has 3 N–H and O–H groups in total. The SMILES string of the molecule is Nc1cc(Br)c(Br)cc1N=Nc1cc(Cl)c(Cl)cc1O. The van der Waals surface area contributed by atoms with E-state index in [4.69, 9.17) is 28.9 Å². The predicted octanol–water partition coefficient (Wildman–Crippen LogP) is 6.22. The number of anilines is 1. The molecule has 0 aliphatic carbocycles. The second-order valence-electron chi connectivity index (χ2n) is 3.78. The number of rotatable bonds is 2. The van der Waals surface area contributed by atoms with Gasteiger partial charge in [-0.3, -0.25) is 0 Å². The molecule has 2 aromatic carbocycles. The van der Waals surface area contributed by atoms with E-state index < -0.39 is 0 Å². The summed E-state index contributed by atoms with van der Waals surface area (Å²) in [4.78, 5) is 0. The maximum absolute atomic E-state index is 9.72. The minimum absolute atomic E-state index is 0.113. The van der Waals surface area contributed by atoms with Crippen LogP contribution >= 0.6 is 55.1 Å². The summed E-state index contributed by atoms with van der Waals surface area (Å²) < 4.78 is 1.60. The Kier molecular flexibility index (Phi) is 4.90. The average molecular weight is 440 g/mol. The molecule has 20 heavy (non-hydrogen) atoms. The highest BCUT2D eigenvalue weighted by molar-refractivity contribution is 9.13. The van der Waals surface area contributed by atoms with Crippen molar-refractivity contribution in [2.75, 3.05) is 5.73 Å². The molecule has 0 fully saturated rings. The molecule has 0 aliphatic rings. The number of hydrogen-bond acceptors (Lipinski definition) is 4. The first-order valence-corrected chi connectivity index (χ1v) is 7.57. The van der Waals surface area contributed by atoms with Gasteiger partial charge < -0.3 is 10.8 Å². The van der Waals surface area contributed by atoms with Crippen LogP contribution in [0.2, 0.25) is 10.0 Å². The van der Waals surface area contributed by atoms with Gasteiger partial charge in [0.05, 0.1) is 15.7 Å². The van der Waals surface area contributed by atoms with Gasteiger partial charge in [0.1, 0.15) is 17.1 Å². The topological polar surface area (TPSA) is 71.0 Å². The van der Waals surface area contributed by atoms with Crippen LogP contribution in [0.15, 0.2) is 43.4 Å². The lowest BCUT2D eigenvalue weighted by Crippen LogP contribution is -1.85. The van der Waals surface area contributed by atoms with Crippen molar-refractivity contribution in [1.29, 1.82) is 0 Å². The van der Waals surface area contributed by atoms with Gasteiger partial charge in [-0.15, -0.1) is 10.2 Å². The van der Waals surface area contributed by atoms with Gasteiger partial charge >= 0.3 is 0 Å². The van der Waals surface area contributed by atoms with Crippen molar-refractivity contribution >= 4 is 72.1 Å². The van der Waals surface area contributed by atoms with Crippen molar-refractivity contribution in [2.24, 2.45) is 10.2 Å². The lowest BCUT2D eigenvalue weighted by atomic mass is 10.3. The Morgan fingerprint density at radius 1 is 0.900 bits per heavy atom. The summed E-state index contributed by atoms with van der Waals surface area (Å²) in [5.74, 6) is -0.113. The van der Waals surface area contributed by atoms with E-state index in [1.165, 1.54) is 12.1 Å². The van der Waals surface area contributed by atoms with Crippen LogP contribution in [0.4, 0.5) is 17.1 Å². The number of nitrogens with two attached hydrogens (primary N) is 1. The summed E-state index contributed by atoms with van der Waals surface area (Å²) >= 11 is 18.3. The summed E-state index contributed by atoms with van der Waals surface area (Å²) in [5.41, 5.74) is 6.95. The zero-order chi connectivity index (χ0) is 14.9. The summed E-state index contributed by atoms with van der Waals surface area (Å²) in [7, 11) is 0. The number of halogens is 4. The molecule has 0 aliphatic heterocycles. The zero-order valence-electron chi connectivity index (χ0n) is 9.74. The smallest absolute Gasteiger partial charge is 0.144 e. The summed E-state index contributed by atoms with van der Waals surface area (Å²) in [6, 6.07) is 6.14. The number of phenols is 1. The van der Waals surface area contributed by atoms with Gasteiger partial charge in [0.2, 0.25) is 0 Å². The lowest BCUT2D eigenvalue weighted by molar-refractivity contribution is 0.476. The van der Waals surface area contributed by atoms with Gasteiger partial charge in [0.15, 0.2) is 0 Å². The van der Waals surface area contributed by atoms with E-state index in [1.54, 1.807) is 12.1 Å². The van der Waals surface area contributed by atoms with Crippen LogP contribution in [0.25, 0.3) is 0 Å². The summed E-state index contributed by atoms with van der Waals surface area (Å²) in [5, 5.41) is 18.2. The number of hydrogen-bond donors (Lipinski definition) is 2. The van der Waals surface area contributed by atoms with E-state index in [-0.39, 0.29) is 21.5 Å². The Labute approximate surface area is 141 Å². The molecule has 0 radical (unpaired) electrons. The monoisotopic (exact) mass is 437 g/mol. The first-order valence-electron chi connectivity index (χ1n) is 5.22. The van der Waals surface area contributed by atoms with E-state index in [1.807, 2.05) is 0 Å². The van der Waals surface area contributed by atoms with Crippen LogP contribution in [0.1, 0.15) is 0 Å². The third-order valence-corrected chi connectivity index (χ3v) is 4.92. The van der Waals surface area contributed by atoms with E-state index >= 15 is 0 Å². The normalized spacial score (nSPS) is 11.2. The quantitative estimate of drug-likeness (QED) is 0.430. The molecule has 0 heterocycles. The van der Waals surface area contributed by atoms with Crippen LogP contribution in [-0.2, 0) is 0 Å². The largest absolute Gasteiger partial charge is 0.506 e. The highest BCUT2D eigenvalue weighted by Crippen LogP contribution is 2.38. The van der Waals surface area contributed by atoms with Gasteiger partial charge in [-0.2, -0.15) is 0 Å². The molecule has 0 saturated heterocycles. The van der Waals surface area contributed by atoms with Crippen molar-refractivity contribution in [2.45, 2.75) is 0 Å². The molecule has 2 rings (SSSR count). The van der Waals surface area contributed by atoms with Crippen molar-refractivity contribution in [3.8, 4) is 5.75 Å². The van der Waals surface area contributed by atoms with Crippen molar-refractivity contribution in [3.63, 3.8) is 0 Å². The molecule has 0 aromatic heterocycles. The standard InChI is InChI=1S/C12H7Br2Cl2N3O/c13-5-1-9(17)10(2-6(5)14)18-19-11-3-7(15)8(16)4-12(11)20/h1-4,20H,17H2. The number of nitrogens with zero attached hydrogens (tertiary/aromatic N) is 2.